The van der Waals surface area contributed by atoms with Crippen LogP contribution in [0.4, 0.5) is 10.5 Å². The van der Waals surface area contributed by atoms with Gasteiger partial charge >= 0.3 is 6.03 Å². The summed E-state index contributed by atoms with van der Waals surface area (Å²) < 4.78 is 0. The molecular weight excluding hydrogens is 518 g/mol. The Bertz CT molecular complexity index is 1510. The first-order chi connectivity index (χ1) is 19.4. The van der Waals surface area contributed by atoms with Crippen molar-refractivity contribution in [2.24, 2.45) is 5.92 Å². The van der Waals surface area contributed by atoms with E-state index in [1.165, 1.54) is 23.1 Å². The third-order valence-electron chi connectivity index (χ3n) is 8.31. The molecule has 2 heterocycles. The Labute approximate surface area is 240 Å². The van der Waals surface area contributed by atoms with E-state index in [4.69, 9.17) is 0 Å². The first kappa shape index (κ1) is 28.2. The van der Waals surface area contributed by atoms with Crippen LogP contribution in [0, 0.1) is 23.0 Å². The number of nitrogens with zero attached hydrogens (tertiary/aromatic N) is 3. The Hall–Kier alpha value is -4.33. The van der Waals surface area contributed by atoms with Gasteiger partial charge in [0.15, 0.2) is 5.78 Å². The highest BCUT2D eigenvalue weighted by Gasteiger charge is 2.63. The molecule has 0 N–H and O–H groups in total. The molecule has 41 heavy (non-hydrogen) atoms. The molecule has 2 aliphatic heterocycles. The van der Waals surface area contributed by atoms with Crippen molar-refractivity contribution in [3.63, 3.8) is 0 Å². The number of nitro benzene ring substituents is 1. The van der Waals surface area contributed by atoms with Crippen LogP contribution < -0.4 is 0 Å². The monoisotopic (exact) mass is 553 g/mol. The SMILES string of the molecule is CCCN1C(=O)C2C(c3ccc(C)cc3)C(C(=O)c3cccc([N+](=O)[O-])c3)C(c3ccc(C(C)(C)C)cc3)N2C1=O. The molecule has 3 aromatic rings. The second-order valence-electron chi connectivity index (χ2n) is 12.1. The van der Waals surface area contributed by atoms with Crippen LogP contribution in [0.2, 0.25) is 0 Å². The number of ketones is 1. The topological polar surface area (TPSA) is 101 Å². The van der Waals surface area contributed by atoms with Gasteiger partial charge in [-0.25, -0.2) is 4.79 Å². The Morgan fingerprint density at radius 3 is 2.15 bits per heavy atom. The van der Waals surface area contributed by atoms with E-state index in [0.29, 0.717) is 13.0 Å². The molecule has 8 nitrogen and oxygen atoms in total. The number of hydrogen-bond acceptors (Lipinski definition) is 5. The molecule has 3 amide bonds. The third kappa shape index (κ3) is 4.92. The van der Waals surface area contributed by atoms with Crippen LogP contribution in [0.5, 0.6) is 0 Å². The van der Waals surface area contributed by atoms with E-state index in [1.54, 1.807) is 11.0 Å². The van der Waals surface area contributed by atoms with Crippen LogP contribution in [0.25, 0.3) is 0 Å². The van der Waals surface area contributed by atoms with Crippen molar-refractivity contribution in [2.45, 2.75) is 64.5 Å². The highest BCUT2D eigenvalue weighted by Crippen LogP contribution is 2.54. The van der Waals surface area contributed by atoms with Crippen LogP contribution in [0.15, 0.2) is 72.8 Å². The Balaban J connectivity index is 1.72. The quantitative estimate of drug-likeness (QED) is 0.142. The molecule has 2 fully saturated rings. The predicted octanol–water partition coefficient (Wildman–Crippen LogP) is 6.58. The van der Waals surface area contributed by atoms with Gasteiger partial charge in [0.05, 0.1) is 16.9 Å². The maximum Gasteiger partial charge on any atom is 0.328 e. The Morgan fingerprint density at radius 1 is 0.927 bits per heavy atom. The van der Waals surface area contributed by atoms with Gasteiger partial charge in [-0.1, -0.05) is 93.9 Å². The normalized spacial score (nSPS) is 22.3. The van der Waals surface area contributed by atoms with Gasteiger partial charge < -0.3 is 4.90 Å². The molecule has 8 heteroatoms. The summed E-state index contributed by atoms with van der Waals surface area (Å²) in [5, 5.41) is 11.5. The van der Waals surface area contributed by atoms with Gasteiger partial charge in [0, 0.05) is 30.2 Å². The van der Waals surface area contributed by atoms with Crippen molar-refractivity contribution in [2.75, 3.05) is 6.54 Å². The average molecular weight is 554 g/mol. The second kappa shape index (κ2) is 10.6. The van der Waals surface area contributed by atoms with E-state index in [0.717, 1.165) is 22.3 Å². The van der Waals surface area contributed by atoms with E-state index >= 15 is 0 Å². The van der Waals surface area contributed by atoms with Gasteiger partial charge in [0.25, 0.3) is 11.6 Å². The molecule has 5 rings (SSSR count). The van der Waals surface area contributed by atoms with Crippen LogP contribution >= 0.6 is 0 Å². The zero-order valence-corrected chi connectivity index (χ0v) is 24.0. The number of nitro groups is 1. The minimum absolute atomic E-state index is 0.100. The first-order valence-electron chi connectivity index (χ1n) is 14.0. The smallest absolute Gasteiger partial charge is 0.304 e. The molecule has 0 radical (unpaired) electrons. The number of Topliss-reactive ketones (excluding diaryl/α,β-unsaturated/α-hetero) is 1. The lowest BCUT2D eigenvalue weighted by Crippen LogP contribution is -2.38. The zero-order valence-electron chi connectivity index (χ0n) is 24.0. The second-order valence-corrected chi connectivity index (χ2v) is 12.1. The van der Waals surface area contributed by atoms with Crippen molar-refractivity contribution in [3.8, 4) is 0 Å². The standard InChI is InChI=1S/C33H35N3O5/c1-6-18-34-31(38)29-26(21-12-10-20(2)11-13-21)27(30(37)23-8-7-9-25(19-23)36(40)41)28(35(29)32(34)39)22-14-16-24(17-15-22)33(3,4)5/h7-17,19,26-29H,6,18H2,1-5H3. The summed E-state index contributed by atoms with van der Waals surface area (Å²) in [4.78, 5) is 56.2. The molecule has 0 aliphatic carbocycles. The van der Waals surface area contributed by atoms with Gasteiger partial charge in [-0.05, 0) is 35.4 Å². The van der Waals surface area contributed by atoms with Gasteiger partial charge in [-0.2, -0.15) is 0 Å². The maximum atomic E-state index is 14.4. The zero-order chi connectivity index (χ0) is 29.6. The lowest BCUT2D eigenvalue weighted by Gasteiger charge is -2.29. The molecule has 4 atom stereocenters. The summed E-state index contributed by atoms with van der Waals surface area (Å²) in [6, 6.07) is 19.3. The number of carbonyl (C=O) groups is 3. The highest BCUT2D eigenvalue weighted by molar-refractivity contribution is 6.08. The number of amides is 3. The van der Waals surface area contributed by atoms with E-state index in [2.05, 4.69) is 20.8 Å². The van der Waals surface area contributed by atoms with E-state index in [-0.39, 0.29) is 28.4 Å². The fraction of sp³-hybridized carbons (Fsp3) is 0.364. The number of carbonyl (C=O) groups excluding carboxylic acids is 3. The van der Waals surface area contributed by atoms with Crippen LogP contribution in [-0.4, -0.2) is 45.0 Å². The van der Waals surface area contributed by atoms with Gasteiger partial charge in [-0.15, -0.1) is 0 Å². The van der Waals surface area contributed by atoms with Crippen molar-refractivity contribution in [1.29, 1.82) is 0 Å². The summed E-state index contributed by atoms with van der Waals surface area (Å²) in [7, 11) is 0. The lowest BCUT2D eigenvalue weighted by molar-refractivity contribution is -0.384. The number of aryl methyl sites for hydroxylation is 1. The molecule has 0 spiro atoms. The molecule has 0 aromatic heterocycles. The number of fused-ring (bicyclic) bond motifs is 1. The Kier molecular flexibility index (Phi) is 7.28. The van der Waals surface area contributed by atoms with Crippen LogP contribution in [0.1, 0.15) is 78.7 Å². The van der Waals surface area contributed by atoms with E-state index < -0.39 is 34.9 Å². The minimum Gasteiger partial charge on any atom is -0.304 e. The third-order valence-corrected chi connectivity index (χ3v) is 8.31. The van der Waals surface area contributed by atoms with E-state index in [9.17, 15) is 24.5 Å². The minimum atomic E-state index is -0.864. The number of hydrogen-bond donors (Lipinski definition) is 0. The average Bonchev–Trinajstić information content (AvgIpc) is 3.41. The first-order valence-corrected chi connectivity index (χ1v) is 14.0. The summed E-state index contributed by atoms with van der Waals surface area (Å²) >= 11 is 0. The maximum absolute atomic E-state index is 14.4. The number of benzene rings is 3. The molecule has 4 unspecified atom stereocenters. The Morgan fingerprint density at radius 2 is 1.56 bits per heavy atom. The molecule has 2 aliphatic rings. The van der Waals surface area contributed by atoms with Crippen LogP contribution in [0.3, 0.4) is 0 Å². The highest BCUT2D eigenvalue weighted by atomic mass is 16.6. The van der Waals surface area contributed by atoms with Gasteiger partial charge in [0.1, 0.15) is 6.04 Å². The molecule has 3 aromatic carbocycles. The van der Waals surface area contributed by atoms with Crippen molar-refractivity contribution in [3.05, 3.63) is 111 Å². The largest absolute Gasteiger partial charge is 0.328 e. The number of rotatable bonds is 7. The van der Waals surface area contributed by atoms with Gasteiger partial charge in [-0.3, -0.25) is 24.6 Å². The van der Waals surface area contributed by atoms with Crippen LogP contribution in [-0.2, 0) is 10.2 Å². The number of non-ortho nitro benzene ring substituents is 1. The molecule has 0 bridgehead atoms. The summed E-state index contributed by atoms with van der Waals surface area (Å²) in [6.45, 7) is 10.5. The van der Waals surface area contributed by atoms with Crippen molar-refractivity contribution < 1.29 is 19.3 Å². The van der Waals surface area contributed by atoms with Crippen molar-refractivity contribution in [1.82, 2.24) is 9.80 Å². The van der Waals surface area contributed by atoms with Crippen molar-refractivity contribution >= 4 is 23.4 Å². The number of urea groups is 1. The fourth-order valence-electron chi connectivity index (χ4n) is 6.24. The summed E-state index contributed by atoms with van der Waals surface area (Å²) in [5.74, 6) is -2.11. The molecule has 0 saturated carbocycles. The number of imide groups is 1. The summed E-state index contributed by atoms with van der Waals surface area (Å²) in [5.41, 5.74) is 3.56. The molecule has 212 valence electrons. The van der Waals surface area contributed by atoms with Gasteiger partial charge in [0.2, 0.25) is 0 Å². The molecular formula is C33H35N3O5. The molecule has 2 saturated heterocycles. The lowest BCUT2D eigenvalue weighted by atomic mass is 9.75. The van der Waals surface area contributed by atoms with E-state index in [1.807, 2.05) is 62.4 Å². The fourth-order valence-corrected chi connectivity index (χ4v) is 6.24. The predicted molar refractivity (Wildman–Crippen MR) is 156 cm³/mol. The summed E-state index contributed by atoms with van der Waals surface area (Å²) in [6.07, 6.45) is 0.619.